The molecule has 2 aliphatic rings. The van der Waals surface area contributed by atoms with Crippen LogP contribution in [-0.2, 0) is 25.4 Å². The summed E-state index contributed by atoms with van der Waals surface area (Å²) in [5, 5.41) is 0. The van der Waals surface area contributed by atoms with Crippen molar-refractivity contribution in [1.29, 1.82) is 0 Å². The quantitative estimate of drug-likeness (QED) is 0.767. The van der Waals surface area contributed by atoms with Crippen LogP contribution in [0.3, 0.4) is 0 Å². The van der Waals surface area contributed by atoms with Crippen molar-refractivity contribution in [3.05, 3.63) is 29.8 Å². The maximum atomic E-state index is 11.9. The van der Waals surface area contributed by atoms with E-state index in [1.165, 1.54) is 5.56 Å². The van der Waals surface area contributed by atoms with Crippen LogP contribution >= 0.6 is 0 Å². The van der Waals surface area contributed by atoms with E-state index in [4.69, 9.17) is 18.9 Å². The normalized spacial score (nSPS) is 22.8. The lowest BCUT2D eigenvalue weighted by Gasteiger charge is -2.22. The van der Waals surface area contributed by atoms with Crippen LogP contribution in [0.15, 0.2) is 24.3 Å². The van der Waals surface area contributed by atoms with Gasteiger partial charge in [-0.05, 0) is 37.5 Å². The Morgan fingerprint density at radius 3 is 2.62 bits per heavy atom. The second-order valence-electron chi connectivity index (χ2n) is 6.42. The first-order valence-corrected chi connectivity index (χ1v) is 8.43. The number of nitrogens with zero attached hydrogens (tertiary/aromatic N) is 1. The minimum atomic E-state index is -0.421. The number of cyclic esters (lactones) is 1. The number of carbonyl (C=O) groups excluding carboxylic acids is 1. The Kier molecular flexibility index (Phi) is 5.38. The smallest absolute Gasteiger partial charge is 0.414 e. The molecule has 2 saturated heterocycles. The minimum Gasteiger partial charge on any atom is -0.441 e. The Labute approximate surface area is 142 Å². The van der Waals surface area contributed by atoms with E-state index in [1.807, 2.05) is 19.1 Å². The van der Waals surface area contributed by atoms with Gasteiger partial charge in [0.15, 0.2) is 5.79 Å². The van der Waals surface area contributed by atoms with Crippen molar-refractivity contribution in [2.75, 3.05) is 38.4 Å². The van der Waals surface area contributed by atoms with Crippen LogP contribution in [-0.4, -0.2) is 51.5 Å². The number of amides is 1. The van der Waals surface area contributed by atoms with Crippen LogP contribution in [0.4, 0.5) is 10.5 Å². The van der Waals surface area contributed by atoms with E-state index in [0.717, 1.165) is 24.9 Å². The van der Waals surface area contributed by atoms with E-state index in [0.29, 0.717) is 26.4 Å². The molecular formula is C18H25NO5. The number of hydrogen-bond donors (Lipinski definition) is 0. The van der Waals surface area contributed by atoms with Crippen LogP contribution in [0.5, 0.6) is 0 Å². The number of ether oxygens (including phenoxy) is 4. The molecule has 3 rings (SSSR count). The Morgan fingerprint density at radius 1 is 1.25 bits per heavy atom. The van der Waals surface area contributed by atoms with Crippen LogP contribution in [0.1, 0.15) is 25.3 Å². The van der Waals surface area contributed by atoms with Crippen molar-refractivity contribution >= 4 is 11.8 Å². The van der Waals surface area contributed by atoms with E-state index in [2.05, 4.69) is 12.1 Å². The van der Waals surface area contributed by atoms with Gasteiger partial charge < -0.3 is 18.9 Å². The number of carbonyl (C=O) groups is 1. The number of anilines is 1. The first kappa shape index (κ1) is 17.2. The van der Waals surface area contributed by atoms with Gasteiger partial charge in [0, 0.05) is 19.2 Å². The first-order valence-electron chi connectivity index (χ1n) is 8.43. The third-order valence-electron chi connectivity index (χ3n) is 4.47. The fourth-order valence-corrected chi connectivity index (χ4v) is 3.16. The number of aryl methyl sites for hydroxylation is 1. The lowest BCUT2D eigenvalue weighted by molar-refractivity contribution is -0.147. The minimum absolute atomic E-state index is 0.200. The van der Waals surface area contributed by atoms with Crippen molar-refractivity contribution in [3.63, 3.8) is 0 Å². The fraction of sp³-hybridized carbons (Fsp3) is 0.611. The summed E-state index contributed by atoms with van der Waals surface area (Å²) in [4.78, 5) is 13.6. The van der Waals surface area contributed by atoms with Crippen LogP contribution in [0, 0.1) is 0 Å². The highest BCUT2D eigenvalue weighted by molar-refractivity contribution is 5.89. The summed E-state index contributed by atoms with van der Waals surface area (Å²) in [5.74, 6) is -0.421. The molecule has 1 amide bonds. The maximum Gasteiger partial charge on any atom is 0.414 e. The molecule has 2 fully saturated rings. The molecule has 0 aromatic heterocycles. The number of hydrogen-bond acceptors (Lipinski definition) is 5. The van der Waals surface area contributed by atoms with Gasteiger partial charge in [0.05, 0.1) is 26.4 Å². The van der Waals surface area contributed by atoms with E-state index >= 15 is 0 Å². The predicted octanol–water partition coefficient (Wildman–Crippen LogP) is 2.74. The van der Waals surface area contributed by atoms with Crippen molar-refractivity contribution < 1.29 is 23.7 Å². The molecule has 0 spiro atoms. The number of rotatable bonds is 7. The van der Waals surface area contributed by atoms with Crippen LogP contribution in [0.25, 0.3) is 0 Å². The van der Waals surface area contributed by atoms with Crippen LogP contribution in [0.2, 0.25) is 0 Å². The SMILES string of the molecule is COCC1CN(c2ccc(CCCC3(C)OCCO3)cc2)C(=O)O1. The third kappa shape index (κ3) is 4.06. The molecule has 2 heterocycles. The summed E-state index contributed by atoms with van der Waals surface area (Å²) in [6.07, 6.45) is 2.32. The predicted molar refractivity (Wildman–Crippen MR) is 89.2 cm³/mol. The first-order chi connectivity index (χ1) is 11.6. The second kappa shape index (κ2) is 7.51. The van der Waals surface area contributed by atoms with Gasteiger partial charge in [-0.2, -0.15) is 0 Å². The standard InChI is InChI=1S/C18H25NO5/c1-18(22-10-11-23-18)9-3-4-14-5-7-15(8-6-14)19-12-16(13-21-2)24-17(19)20/h5-8,16H,3-4,9-13H2,1-2H3. The van der Waals surface area contributed by atoms with Gasteiger partial charge >= 0.3 is 6.09 Å². The molecule has 24 heavy (non-hydrogen) atoms. The molecule has 0 saturated carbocycles. The summed E-state index contributed by atoms with van der Waals surface area (Å²) >= 11 is 0. The van der Waals surface area contributed by atoms with Crippen molar-refractivity contribution in [3.8, 4) is 0 Å². The lowest BCUT2D eigenvalue weighted by Crippen LogP contribution is -2.25. The highest BCUT2D eigenvalue weighted by Crippen LogP contribution is 2.26. The molecule has 0 bridgehead atoms. The fourth-order valence-electron chi connectivity index (χ4n) is 3.16. The summed E-state index contributed by atoms with van der Waals surface area (Å²) < 4.78 is 21.5. The van der Waals surface area contributed by atoms with Gasteiger partial charge in [-0.25, -0.2) is 4.79 Å². The Balaban J connectivity index is 1.51. The molecule has 1 unspecified atom stereocenters. The molecule has 0 aliphatic carbocycles. The van der Waals surface area contributed by atoms with Gasteiger partial charge in [-0.15, -0.1) is 0 Å². The summed E-state index contributed by atoms with van der Waals surface area (Å²) in [7, 11) is 1.60. The Morgan fingerprint density at radius 2 is 1.96 bits per heavy atom. The monoisotopic (exact) mass is 335 g/mol. The van der Waals surface area contributed by atoms with Gasteiger partial charge in [-0.3, -0.25) is 4.90 Å². The summed E-state index contributed by atoms with van der Waals surface area (Å²) in [5.41, 5.74) is 2.10. The maximum absolute atomic E-state index is 11.9. The lowest BCUT2D eigenvalue weighted by atomic mass is 10.0. The van der Waals surface area contributed by atoms with Crippen molar-refractivity contribution in [2.45, 2.75) is 38.1 Å². The highest BCUT2D eigenvalue weighted by Gasteiger charge is 2.32. The van der Waals surface area contributed by atoms with E-state index in [1.54, 1.807) is 12.0 Å². The average molecular weight is 335 g/mol. The Bertz CT molecular complexity index is 553. The molecule has 1 aromatic carbocycles. The van der Waals surface area contributed by atoms with Gasteiger partial charge in [0.2, 0.25) is 0 Å². The van der Waals surface area contributed by atoms with Gasteiger partial charge in [-0.1, -0.05) is 12.1 Å². The third-order valence-corrected chi connectivity index (χ3v) is 4.47. The zero-order valence-corrected chi connectivity index (χ0v) is 14.3. The summed E-state index contributed by atoms with van der Waals surface area (Å²) in [6.45, 7) is 4.31. The largest absolute Gasteiger partial charge is 0.441 e. The molecule has 2 aliphatic heterocycles. The number of methoxy groups -OCH3 is 1. The van der Waals surface area contributed by atoms with Crippen LogP contribution < -0.4 is 4.90 Å². The molecule has 0 radical (unpaired) electrons. The topological polar surface area (TPSA) is 57.2 Å². The van der Waals surface area contributed by atoms with Crippen molar-refractivity contribution in [1.82, 2.24) is 0 Å². The number of benzene rings is 1. The Hall–Kier alpha value is -1.63. The van der Waals surface area contributed by atoms with E-state index in [-0.39, 0.29) is 12.2 Å². The highest BCUT2D eigenvalue weighted by atomic mass is 16.7. The molecule has 1 atom stereocenters. The molecule has 6 heteroatoms. The average Bonchev–Trinajstić information content (AvgIpc) is 3.15. The zero-order chi connectivity index (χ0) is 17.0. The molecule has 1 aromatic rings. The molecule has 132 valence electrons. The summed E-state index contributed by atoms with van der Waals surface area (Å²) in [6, 6.07) is 8.06. The molecule has 6 nitrogen and oxygen atoms in total. The molecule has 0 N–H and O–H groups in total. The second-order valence-corrected chi connectivity index (χ2v) is 6.42. The van der Waals surface area contributed by atoms with Gasteiger partial charge in [0.25, 0.3) is 0 Å². The molecular weight excluding hydrogens is 310 g/mol. The van der Waals surface area contributed by atoms with Crippen molar-refractivity contribution in [2.24, 2.45) is 0 Å². The van der Waals surface area contributed by atoms with E-state index < -0.39 is 5.79 Å². The van der Waals surface area contributed by atoms with Gasteiger partial charge in [0.1, 0.15) is 6.10 Å². The van der Waals surface area contributed by atoms with E-state index in [9.17, 15) is 4.79 Å². The zero-order valence-electron chi connectivity index (χ0n) is 14.3.